The molecule has 2 aromatic rings. The van der Waals surface area contributed by atoms with Gasteiger partial charge in [0.05, 0.1) is 17.6 Å². The minimum Gasteiger partial charge on any atom is -0.396 e. The van der Waals surface area contributed by atoms with E-state index in [0.717, 1.165) is 24.5 Å². The quantitative estimate of drug-likeness (QED) is 0.855. The van der Waals surface area contributed by atoms with Crippen LogP contribution in [0.3, 0.4) is 0 Å². The van der Waals surface area contributed by atoms with Crippen LogP contribution < -0.4 is 10.6 Å². The Hall–Kier alpha value is -2.04. The van der Waals surface area contributed by atoms with Gasteiger partial charge in [-0.25, -0.2) is 4.98 Å². The van der Waals surface area contributed by atoms with Gasteiger partial charge in [-0.1, -0.05) is 0 Å². The summed E-state index contributed by atoms with van der Waals surface area (Å²) in [5.41, 5.74) is 7.59. The van der Waals surface area contributed by atoms with Gasteiger partial charge in [0.1, 0.15) is 5.82 Å². The number of nitrogen functional groups attached to an aromatic ring is 1. The van der Waals surface area contributed by atoms with Gasteiger partial charge in [0.2, 0.25) is 0 Å². The number of nitrogens with zero attached hydrogens (tertiary/aromatic N) is 4. The zero-order valence-electron chi connectivity index (χ0n) is 10.2. The first-order valence-corrected chi connectivity index (χ1v) is 5.55. The normalized spacial score (nSPS) is 10.5. The van der Waals surface area contributed by atoms with Crippen LogP contribution in [0.2, 0.25) is 0 Å². The molecule has 0 saturated heterocycles. The van der Waals surface area contributed by atoms with Gasteiger partial charge in [-0.2, -0.15) is 0 Å². The third kappa shape index (κ3) is 2.55. The SMILES string of the molecule is CN(CCc1nccn1C)c1ccncc1N. The highest BCUT2D eigenvalue weighted by molar-refractivity contribution is 5.65. The van der Waals surface area contributed by atoms with Crippen molar-refractivity contribution >= 4 is 11.4 Å². The Bertz CT molecular complexity index is 491. The molecule has 90 valence electrons. The fraction of sp³-hybridized carbons (Fsp3) is 0.333. The fourth-order valence-electron chi connectivity index (χ4n) is 1.77. The van der Waals surface area contributed by atoms with Crippen LogP contribution in [0.15, 0.2) is 30.9 Å². The average molecular weight is 231 g/mol. The molecule has 0 aliphatic carbocycles. The van der Waals surface area contributed by atoms with Gasteiger partial charge >= 0.3 is 0 Å². The minimum atomic E-state index is 0.704. The van der Waals surface area contributed by atoms with Crippen LogP contribution in [-0.4, -0.2) is 28.1 Å². The number of aryl methyl sites for hydroxylation is 1. The second-order valence-electron chi connectivity index (χ2n) is 4.06. The number of imidazole rings is 1. The number of hydrogen-bond acceptors (Lipinski definition) is 4. The Morgan fingerprint density at radius 3 is 2.88 bits per heavy atom. The molecule has 0 radical (unpaired) electrons. The first-order valence-electron chi connectivity index (χ1n) is 5.55. The van der Waals surface area contributed by atoms with E-state index in [4.69, 9.17) is 5.73 Å². The molecule has 0 aromatic carbocycles. The summed E-state index contributed by atoms with van der Waals surface area (Å²) in [6.45, 7) is 0.874. The van der Waals surface area contributed by atoms with E-state index < -0.39 is 0 Å². The number of nitrogens with two attached hydrogens (primary N) is 1. The number of rotatable bonds is 4. The van der Waals surface area contributed by atoms with Crippen LogP contribution in [0, 0.1) is 0 Å². The molecule has 0 amide bonds. The number of likely N-dealkylation sites (N-methyl/N-ethyl adjacent to an activating group) is 1. The Kier molecular flexibility index (Phi) is 3.27. The summed E-state index contributed by atoms with van der Waals surface area (Å²) in [5.74, 6) is 1.07. The second-order valence-corrected chi connectivity index (χ2v) is 4.06. The number of aromatic nitrogens is 3. The third-order valence-corrected chi connectivity index (χ3v) is 2.83. The zero-order chi connectivity index (χ0) is 12.3. The molecule has 0 saturated carbocycles. The lowest BCUT2D eigenvalue weighted by Gasteiger charge is -2.20. The topological polar surface area (TPSA) is 60.0 Å². The zero-order valence-corrected chi connectivity index (χ0v) is 10.2. The molecule has 0 fully saturated rings. The van der Waals surface area contributed by atoms with Crippen LogP contribution in [0.1, 0.15) is 5.82 Å². The smallest absolute Gasteiger partial charge is 0.110 e. The summed E-state index contributed by atoms with van der Waals surface area (Å²) in [7, 11) is 4.03. The summed E-state index contributed by atoms with van der Waals surface area (Å²) in [5, 5.41) is 0. The van der Waals surface area contributed by atoms with Crippen molar-refractivity contribution in [1.29, 1.82) is 0 Å². The van der Waals surface area contributed by atoms with Gasteiger partial charge in [0.15, 0.2) is 0 Å². The van der Waals surface area contributed by atoms with Crippen molar-refractivity contribution in [3.63, 3.8) is 0 Å². The molecule has 0 unspecified atom stereocenters. The number of anilines is 2. The summed E-state index contributed by atoms with van der Waals surface area (Å²) < 4.78 is 2.03. The van der Waals surface area contributed by atoms with Gasteiger partial charge in [-0.05, 0) is 6.07 Å². The van der Waals surface area contributed by atoms with Crippen molar-refractivity contribution in [2.45, 2.75) is 6.42 Å². The van der Waals surface area contributed by atoms with E-state index >= 15 is 0 Å². The van der Waals surface area contributed by atoms with E-state index in [1.807, 2.05) is 37.1 Å². The highest BCUT2D eigenvalue weighted by atomic mass is 15.1. The monoisotopic (exact) mass is 231 g/mol. The van der Waals surface area contributed by atoms with E-state index in [0.29, 0.717) is 5.69 Å². The highest BCUT2D eigenvalue weighted by Gasteiger charge is 2.06. The Morgan fingerprint density at radius 1 is 1.41 bits per heavy atom. The van der Waals surface area contributed by atoms with Crippen molar-refractivity contribution < 1.29 is 0 Å². The van der Waals surface area contributed by atoms with Crippen LogP contribution >= 0.6 is 0 Å². The van der Waals surface area contributed by atoms with E-state index in [-0.39, 0.29) is 0 Å². The van der Waals surface area contributed by atoms with Crippen molar-refractivity contribution in [2.75, 3.05) is 24.2 Å². The van der Waals surface area contributed by atoms with Crippen molar-refractivity contribution in [3.05, 3.63) is 36.7 Å². The van der Waals surface area contributed by atoms with E-state index in [1.165, 1.54) is 0 Å². The molecular weight excluding hydrogens is 214 g/mol. The molecular formula is C12H17N5. The molecule has 2 aromatic heterocycles. The van der Waals surface area contributed by atoms with Crippen LogP contribution in [0.25, 0.3) is 0 Å². The van der Waals surface area contributed by atoms with Crippen LogP contribution in [0.4, 0.5) is 11.4 Å². The number of hydrogen-bond donors (Lipinski definition) is 1. The molecule has 2 N–H and O–H groups in total. The van der Waals surface area contributed by atoms with Gasteiger partial charge < -0.3 is 15.2 Å². The highest BCUT2D eigenvalue weighted by Crippen LogP contribution is 2.19. The standard InChI is InChI=1S/C12H17N5/c1-16(11-3-5-14-9-10(11)13)7-4-12-15-6-8-17(12)2/h3,5-6,8-9H,4,7,13H2,1-2H3. The fourth-order valence-corrected chi connectivity index (χ4v) is 1.77. The molecule has 17 heavy (non-hydrogen) atoms. The molecule has 0 aliphatic heterocycles. The van der Waals surface area contributed by atoms with Gasteiger partial charge in [-0.3, -0.25) is 4.98 Å². The Balaban J connectivity index is 2.01. The molecule has 2 rings (SSSR count). The van der Waals surface area contributed by atoms with E-state index in [9.17, 15) is 0 Å². The molecule has 2 heterocycles. The molecule has 0 bridgehead atoms. The van der Waals surface area contributed by atoms with Crippen molar-refractivity contribution in [3.8, 4) is 0 Å². The van der Waals surface area contributed by atoms with Crippen molar-refractivity contribution in [1.82, 2.24) is 14.5 Å². The lowest BCUT2D eigenvalue weighted by Crippen LogP contribution is -2.22. The van der Waals surface area contributed by atoms with Gasteiger partial charge in [0, 0.05) is 45.7 Å². The number of pyridine rings is 1. The van der Waals surface area contributed by atoms with Gasteiger partial charge in [-0.15, -0.1) is 0 Å². The maximum Gasteiger partial charge on any atom is 0.110 e. The first kappa shape index (κ1) is 11.4. The second kappa shape index (κ2) is 4.86. The summed E-state index contributed by atoms with van der Waals surface area (Å²) >= 11 is 0. The van der Waals surface area contributed by atoms with Crippen LogP contribution in [-0.2, 0) is 13.5 Å². The maximum atomic E-state index is 5.88. The van der Waals surface area contributed by atoms with E-state index in [2.05, 4.69) is 14.9 Å². The predicted molar refractivity (Wildman–Crippen MR) is 68.8 cm³/mol. The summed E-state index contributed by atoms with van der Waals surface area (Å²) in [6, 6.07) is 1.92. The Morgan fingerprint density at radius 2 is 2.24 bits per heavy atom. The first-order chi connectivity index (χ1) is 8.18. The summed E-state index contributed by atoms with van der Waals surface area (Å²) in [4.78, 5) is 10.4. The van der Waals surface area contributed by atoms with E-state index in [1.54, 1.807) is 12.4 Å². The average Bonchev–Trinajstić information content (AvgIpc) is 2.72. The predicted octanol–water partition coefficient (Wildman–Crippen LogP) is 1.08. The lowest BCUT2D eigenvalue weighted by molar-refractivity contribution is 0.757. The Labute approximate surface area is 101 Å². The lowest BCUT2D eigenvalue weighted by atomic mass is 10.3. The van der Waals surface area contributed by atoms with Crippen LogP contribution in [0.5, 0.6) is 0 Å². The third-order valence-electron chi connectivity index (χ3n) is 2.83. The van der Waals surface area contributed by atoms with Gasteiger partial charge in [0.25, 0.3) is 0 Å². The van der Waals surface area contributed by atoms with Crippen molar-refractivity contribution in [2.24, 2.45) is 7.05 Å². The largest absolute Gasteiger partial charge is 0.396 e. The molecule has 5 nitrogen and oxygen atoms in total. The summed E-state index contributed by atoms with van der Waals surface area (Å²) in [6.07, 6.45) is 8.09. The molecule has 0 spiro atoms. The molecule has 5 heteroatoms. The molecule has 0 atom stereocenters. The minimum absolute atomic E-state index is 0.704. The maximum absolute atomic E-state index is 5.88. The molecule has 0 aliphatic rings.